The first kappa shape index (κ1) is 22.0. The molecule has 0 unspecified atom stereocenters. The van der Waals surface area contributed by atoms with Gasteiger partial charge in [0.05, 0.1) is 16.8 Å². The van der Waals surface area contributed by atoms with Crippen molar-refractivity contribution in [3.05, 3.63) is 82.3 Å². The highest BCUT2D eigenvalue weighted by Crippen LogP contribution is 2.29. The van der Waals surface area contributed by atoms with Crippen molar-refractivity contribution in [2.24, 2.45) is 0 Å². The van der Waals surface area contributed by atoms with Crippen LogP contribution in [0.2, 0.25) is 0 Å². The molecule has 0 radical (unpaired) electrons. The fourth-order valence-corrected chi connectivity index (χ4v) is 5.35. The molecule has 7 heteroatoms. The maximum atomic E-state index is 13.4. The summed E-state index contributed by atoms with van der Waals surface area (Å²) in [6.07, 6.45) is 3.94. The Balaban J connectivity index is 1.84. The molecule has 32 heavy (non-hydrogen) atoms. The van der Waals surface area contributed by atoms with E-state index in [-0.39, 0.29) is 10.8 Å². The van der Waals surface area contributed by atoms with E-state index in [0.717, 1.165) is 39.2 Å². The highest BCUT2D eigenvalue weighted by molar-refractivity contribution is 7.90. The van der Waals surface area contributed by atoms with Crippen LogP contribution in [0.25, 0.3) is 11.2 Å². The van der Waals surface area contributed by atoms with E-state index in [1.54, 1.807) is 36.7 Å². The summed E-state index contributed by atoms with van der Waals surface area (Å²) < 4.78 is 28.0. The normalized spacial score (nSPS) is 12.1. The SMILES string of the molecule is Cc1ccc(S(=O)(=O)n2cc(C(C)C)c3nc(Cc4c(C)cc(N)cc4C)cnc32)cc1. The van der Waals surface area contributed by atoms with E-state index < -0.39 is 10.0 Å². The Morgan fingerprint density at radius 1 is 1.03 bits per heavy atom. The Morgan fingerprint density at radius 2 is 1.66 bits per heavy atom. The van der Waals surface area contributed by atoms with Crippen LogP contribution in [0.15, 0.2) is 53.7 Å². The van der Waals surface area contributed by atoms with Crippen LogP contribution in [0.4, 0.5) is 5.69 Å². The van der Waals surface area contributed by atoms with Gasteiger partial charge in [0.25, 0.3) is 10.0 Å². The van der Waals surface area contributed by atoms with Crippen LogP contribution in [-0.4, -0.2) is 22.4 Å². The van der Waals surface area contributed by atoms with Crippen molar-refractivity contribution in [3.63, 3.8) is 0 Å². The van der Waals surface area contributed by atoms with Crippen LogP contribution in [-0.2, 0) is 16.4 Å². The van der Waals surface area contributed by atoms with Gasteiger partial charge in [0.1, 0.15) is 5.52 Å². The summed E-state index contributed by atoms with van der Waals surface area (Å²) in [5, 5.41) is 0. The molecule has 4 aromatic rings. The first-order valence-corrected chi connectivity index (χ1v) is 12.1. The average molecular weight is 449 g/mol. The number of aromatic nitrogens is 3. The average Bonchev–Trinajstić information content (AvgIpc) is 3.11. The third kappa shape index (κ3) is 3.88. The zero-order chi connectivity index (χ0) is 23.2. The molecule has 0 aliphatic rings. The highest BCUT2D eigenvalue weighted by atomic mass is 32.2. The molecule has 6 nitrogen and oxygen atoms in total. The maximum absolute atomic E-state index is 13.4. The Bertz CT molecular complexity index is 1400. The van der Waals surface area contributed by atoms with Gasteiger partial charge in [0, 0.05) is 23.9 Å². The molecule has 2 aromatic heterocycles. The Morgan fingerprint density at radius 3 is 2.25 bits per heavy atom. The van der Waals surface area contributed by atoms with Gasteiger partial charge in [-0.15, -0.1) is 0 Å². The topological polar surface area (TPSA) is 90.9 Å². The van der Waals surface area contributed by atoms with Crippen LogP contribution in [0.5, 0.6) is 0 Å². The minimum absolute atomic E-state index is 0.0940. The van der Waals surface area contributed by atoms with Crippen LogP contribution in [0.1, 0.15) is 53.3 Å². The second-order valence-electron chi connectivity index (χ2n) is 8.70. The van der Waals surface area contributed by atoms with Crippen molar-refractivity contribution in [2.45, 2.75) is 51.9 Å². The second kappa shape index (κ2) is 8.06. The van der Waals surface area contributed by atoms with Gasteiger partial charge in [-0.05, 0) is 67.6 Å². The van der Waals surface area contributed by atoms with Crippen molar-refractivity contribution >= 4 is 26.9 Å². The molecule has 2 aromatic carbocycles. The number of hydrogen-bond donors (Lipinski definition) is 1. The Hall–Kier alpha value is -3.19. The minimum Gasteiger partial charge on any atom is -0.399 e. The van der Waals surface area contributed by atoms with Gasteiger partial charge < -0.3 is 5.73 Å². The molecule has 0 fully saturated rings. The van der Waals surface area contributed by atoms with E-state index in [2.05, 4.69) is 4.98 Å². The molecule has 0 spiro atoms. The predicted octanol–water partition coefficient (Wildman–Crippen LogP) is 4.89. The van der Waals surface area contributed by atoms with Crippen molar-refractivity contribution in [1.29, 1.82) is 0 Å². The fourth-order valence-electron chi connectivity index (χ4n) is 4.02. The number of aryl methyl sites for hydroxylation is 3. The monoisotopic (exact) mass is 448 g/mol. The largest absolute Gasteiger partial charge is 0.399 e. The molecule has 4 rings (SSSR count). The summed E-state index contributed by atoms with van der Waals surface area (Å²) in [6, 6.07) is 10.8. The van der Waals surface area contributed by atoms with Gasteiger partial charge >= 0.3 is 0 Å². The van der Waals surface area contributed by atoms with Gasteiger partial charge in [-0.25, -0.2) is 22.4 Å². The lowest BCUT2D eigenvalue weighted by Crippen LogP contribution is -2.12. The van der Waals surface area contributed by atoms with E-state index in [1.807, 2.05) is 46.8 Å². The predicted molar refractivity (Wildman–Crippen MR) is 129 cm³/mol. The van der Waals surface area contributed by atoms with E-state index in [0.29, 0.717) is 17.6 Å². The maximum Gasteiger partial charge on any atom is 0.269 e. The fraction of sp³-hybridized carbons (Fsp3) is 0.280. The van der Waals surface area contributed by atoms with E-state index in [9.17, 15) is 8.42 Å². The van der Waals surface area contributed by atoms with Crippen LogP contribution >= 0.6 is 0 Å². The van der Waals surface area contributed by atoms with Gasteiger partial charge in [0.15, 0.2) is 5.65 Å². The molecule has 0 aliphatic carbocycles. The van der Waals surface area contributed by atoms with E-state index >= 15 is 0 Å². The Kier molecular flexibility index (Phi) is 5.54. The molecule has 0 amide bonds. The molecule has 0 aliphatic heterocycles. The molecule has 166 valence electrons. The molecule has 0 saturated heterocycles. The number of nitrogen functional groups attached to an aromatic ring is 1. The van der Waals surface area contributed by atoms with Crippen molar-refractivity contribution in [1.82, 2.24) is 13.9 Å². The smallest absolute Gasteiger partial charge is 0.269 e. The Labute approximate surface area is 189 Å². The number of nitrogens with zero attached hydrogens (tertiary/aromatic N) is 3. The number of rotatable bonds is 5. The number of benzene rings is 2. The third-order valence-electron chi connectivity index (χ3n) is 5.82. The van der Waals surface area contributed by atoms with Crippen molar-refractivity contribution in [3.8, 4) is 0 Å². The minimum atomic E-state index is -3.78. The molecule has 0 bridgehead atoms. The third-order valence-corrected chi connectivity index (χ3v) is 7.48. The molecule has 0 atom stereocenters. The van der Waals surface area contributed by atoms with Crippen LogP contribution < -0.4 is 5.73 Å². The molecular formula is C25H28N4O2S. The summed E-state index contributed by atoms with van der Waals surface area (Å²) in [4.78, 5) is 9.65. The summed E-state index contributed by atoms with van der Waals surface area (Å²) >= 11 is 0. The zero-order valence-electron chi connectivity index (χ0n) is 19.0. The van der Waals surface area contributed by atoms with Crippen molar-refractivity contribution < 1.29 is 8.42 Å². The lowest BCUT2D eigenvalue weighted by molar-refractivity contribution is 0.588. The number of fused-ring (bicyclic) bond motifs is 1. The molecule has 0 saturated carbocycles. The lowest BCUT2D eigenvalue weighted by atomic mass is 9.98. The van der Waals surface area contributed by atoms with Crippen LogP contribution in [0.3, 0.4) is 0 Å². The van der Waals surface area contributed by atoms with Gasteiger partial charge in [-0.3, -0.25) is 0 Å². The standard InChI is InChI=1S/C25H28N4O2S/c1-15(2)23-14-29(32(30,31)21-8-6-16(3)7-9-21)25-24(23)28-20(13-27-25)12-22-17(4)10-19(26)11-18(22)5/h6-11,13-15H,12,26H2,1-5H3. The lowest BCUT2D eigenvalue weighted by Gasteiger charge is -2.11. The van der Waals surface area contributed by atoms with Gasteiger partial charge in [-0.2, -0.15) is 0 Å². The number of anilines is 1. The van der Waals surface area contributed by atoms with Gasteiger partial charge in [0.2, 0.25) is 0 Å². The summed E-state index contributed by atoms with van der Waals surface area (Å²) in [7, 11) is -3.78. The summed E-state index contributed by atoms with van der Waals surface area (Å²) in [5.41, 5.74) is 13.7. The van der Waals surface area contributed by atoms with Gasteiger partial charge in [-0.1, -0.05) is 31.5 Å². The zero-order valence-corrected chi connectivity index (χ0v) is 19.9. The summed E-state index contributed by atoms with van der Waals surface area (Å²) in [6.45, 7) is 10.1. The molecular weight excluding hydrogens is 420 g/mol. The highest BCUT2D eigenvalue weighted by Gasteiger charge is 2.24. The van der Waals surface area contributed by atoms with Crippen molar-refractivity contribution in [2.75, 3.05) is 5.73 Å². The van der Waals surface area contributed by atoms with Crippen LogP contribution in [0, 0.1) is 20.8 Å². The van der Waals surface area contributed by atoms with E-state index in [4.69, 9.17) is 10.7 Å². The first-order chi connectivity index (χ1) is 15.1. The summed E-state index contributed by atoms with van der Waals surface area (Å²) in [5.74, 6) is 0.0940. The molecule has 2 heterocycles. The number of nitrogens with two attached hydrogens (primary N) is 1. The first-order valence-electron chi connectivity index (χ1n) is 10.6. The van der Waals surface area contributed by atoms with E-state index in [1.165, 1.54) is 3.97 Å². The second-order valence-corrected chi connectivity index (χ2v) is 10.5. The molecule has 2 N–H and O–H groups in total. The quantitative estimate of drug-likeness (QED) is 0.439. The number of hydrogen-bond acceptors (Lipinski definition) is 5.